The Hall–Kier alpha value is -0.780. The van der Waals surface area contributed by atoms with Gasteiger partial charge in [-0.15, -0.1) is 18.2 Å². The molecule has 0 unspecified atom stereocenters. The van der Waals surface area contributed by atoms with E-state index in [0.29, 0.717) is 16.5 Å². The Morgan fingerprint density at radius 3 is 2.92 bits per heavy atom. The van der Waals surface area contributed by atoms with E-state index < -0.39 is 0 Å². The van der Waals surface area contributed by atoms with Gasteiger partial charge >= 0.3 is 0 Å². The summed E-state index contributed by atoms with van der Waals surface area (Å²) in [6.45, 7) is 0. The highest BCUT2D eigenvalue weighted by molar-refractivity contribution is 7.99. The van der Waals surface area contributed by atoms with Crippen molar-refractivity contribution in [2.75, 3.05) is 11.5 Å². The maximum Gasteiger partial charge on any atom is 0.0592 e. The lowest BCUT2D eigenvalue weighted by molar-refractivity contribution is 1.46. The van der Waals surface area contributed by atoms with Crippen molar-refractivity contribution in [3.63, 3.8) is 0 Å². The zero-order valence-electron chi connectivity index (χ0n) is 6.38. The monoisotopic (exact) mass is 197 g/mol. The van der Waals surface area contributed by atoms with Crippen molar-refractivity contribution < 1.29 is 0 Å². The number of thioether (sulfide) groups is 1. The number of terminal acetylenes is 1. The lowest BCUT2D eigenvalue weighted by Crippen LogP contribution is -1.84. The van der Waals surface area contributed by atoms with Crippen LogP contribution in [-0.2, 0) is 0 Å². The zero-order chi connectivity index (χ0) is 8.97. The summed E-state index contributed by atoms with van der Waals surface area (Å²) in [5.41, 5.74) is 6.19. The Labute approximate surface area is 81.3 Å². The molecule has 0 saturated heterocycles. The molecule has 0 saturated carbocycles. The number of hydrogen-bond acceptors (Lipinski definition) is 2. The smallest absolute Gasteiger partial charge is 0.0592 e. The largest absolute Gasteiger partial charge is 0.399 e. The van der Waals surface area contributed by atoms with Crippen LogP contribution < -0.4 is 5.73 Å². The number of halogens is 1. The number of anilines is 1. The number of nitrogens with two attached hydrogens (primary N) is 1. The molecule has 0 aliphatic carbocycles. The number of nitrogen functional groups attached to an aromatic ring is 1. The lowest BCUT2D eigenvalue weighted by Gasteiger charge is -2.01. The Morgan fingerprint density at radius 1 is 1.58 bits per heavy atom. The predicted octanol–water partition coefficient (Wildman–Crippen LogP) is 2.65. The first-order valence-electron chi connectivity index (χ1n) is 3.35. The quantitative estimate of drug-likeness (QED) is 0.448. The second kappa shape index (κ2) is 4.30. The van der Waals surface area contributed by atoms with Crippen LogP contribution in [0.5, 0.6) is 0 Å². The van der Waals surface area contributed by atoms with E-state index in [9.17, 15) is 0 Å². The van der Waals surface area contributed by atoms with E-state index >= 15 is 0 Å². The highest BCUT2D eigenvalue weighted by atomic mass is 35.5. The second-order valence-electron chi connectivity index (χ2n) is 2.18. The molecule has 0 bridgehead atoms. The average molecular weight is 198 g/mol. The fourth-order valence-corrected chi connectivity index (χ4v) is 1.71. The van der Waals surface area contributed by atoms with E-state index in [0.717, 1.165) is 4.90 Å². The second-order valence-corrected chi connectivity index (χ2v) is 3.61. The van der Waals surface area contributed by atoms with Crippen molar-refractivity contribution in [3.05, 3.63) is 23.2 Å². The van der Waals surface area contributed by atoms with Gasteiger partial charge in [0.05, 0.1) is 10.8 Å². The van der Waals surface area contributed by atoms with Gasteiger partial charge in [0, 0.05) is 10.6 Å². The third-order valence-electron chi connectivity index (χ3n) is 1.27. The molecule has 0 heterocycles. The van der Waals surface area contributed by atoms with Gasteiger partial charge in [0.15, 0.2) is 0 Å². The molecule has 0 fully saturated rings. The minimum absolute atomic E-state index is 0.629. The summed E-state index contributed by atoms with van der Waals surface area (Å²) in [6, 6.07) is 5.41. The molecule has 1 rings (SSSR count). The van der Waals surface area contributed by atoms with Crippen molar-refractivity contribution in [1.29, 1.82) is 0 Å². The molecule has 1 aromatic rings. The minimum atomic E-state index is 0.629. The topological polar surface area (TPSA) is 26.0 Å². The predicted molar refractivity (Wildman–Crippen MR) is 55.4 cm³/mol. The third-order valence-corrected chi connectivity index (χ3v) is 2.67. The summed E-state index contributed by atoms with van der Waals surface area (Å²) in [4.78, 5) is 0.976. The maximum absolute atomic E-state index is 5.90. The van der Waals surface area contributed by atoms with Gasteiger partial charge in [-0.3, -0.25) is 0 Å². The zero-order valence-corrected chi connectivity index (χ0v) is 7.95. The molecule has 62 valence electrons. The van der Waals surface area contributed by atoms with Crippen LogP contribution in [0.15, 0.2) is 23.1 Å². The third kappa shape index (κ3) is 2.37. The summed E-state index contributed by atoms with van der Waals surface area (Å²) in [5.74, 6) is 3.16. The Bertz CT molecular complexity index is 317. The SMILES string of the molecule is C#CCSc1ccc(N)cc1Cl. The van der Waals surface area contributed by atoms with E-state index in [1.165, 1.54) is 11.8 Å². The van der Waals surface area contributed by atoms with Crippen LogP contribution >= 0.6 is 23.4 Å². The van der Waals surface area contributed by atoms with Crippen LogP contribution in [-0.4, -0.2) is 5.75 Å². The van der Waals surface area contributed by atoms with E-state index in [2.05, 4.69) is 5.92 Å². The van der Waals surface area contributed by atoms with Crippen molar-refractivity contribution in [1.82, 2.24) is 0 Å². The van der Waals surface area contributed by atoms with Crippen LogP contribution in [0.25, 0.3) is 0 Å². The molecule has 0 spiro atoms. The summed E-state index contributed by atoms with van der Waals surface area (Å²) in [5, 5.41) is 0.662. The highest BCUT2D eigenvalue weighted by Crippen LogP contribution is 2.28. The number of rotatable bonds is 2. The average Bonchev–Trinajstić information content (AvgIpc) is 2.03. The van der Waals surface area contributed by atoms with Crippen LogP contribution in [0, 0.1) is 12.3 Å². The van der Waals surface area contributed by atoms with Crippen molar-refractivity contribution in [2.24, 2.45) is 0 Å². The lowest BCUT2D eigenvalue weighted by atomic mass is 10.3. The number of hydrogen-bond donors (Lipinski definition) is 1. The first-order valence-corrected chi connectivity index (χ1v) is 4.71. The molecule has 0 amide bonds. The maximum atomic E-state index is 5.90. The van der Waals surface area contributed by atoms with Crippen molar-refractivity contribution in [3.8, 4) is 12.3 Å². The fraction of sp³-hybridized carbons (Fsp3) is 0.111. The van der Waals surface area contributed by atoms with E-state index in [1.807, 2.05) is 12.1 Å². The normalized spacial score (nSPS) is 9.33. The molecular formula is C9H8ClNS. The van der Waals surface area contributed by atoms with Gasteiger partial charge in [-0.1, -0.05) is 17.5 Å². The van der Waals surface area contributed by atoms with Gasteiger partial charge < -0.3 is 5.73 Å². The van der Waals surface area contributed by atoms with Gasteiger partial charge in [-0.25, -0.2) is 0 Å². The van der Waals surface area contributed by atoms with Crippen molar-refractivity contribution in [2.45, 2.75) is 4.90 Å². The van der Waals surface area contributed by atoms with Gasteiger partial charge in [-0.05, 0) is 18.2 Å². The van der Waals surface area contributed by atoms with Gasteiger partial charge in [-0.2, -0.15) is 0 Å². The number of benzene rings is 1. The van der Waals surface area contributed by atoms with Crippen molar-refractivity contribution >= 4 is 29.1 Å². The Morgan fingerprint density at radius 2 is 2.33 bits per heavy atom. The molecule has 12 heavy (non-hydrogen) atoms. The van der Waals surface area contributed by atoms with Crippen LogP contribution in [0.4, 0.5) is 5.69 Å². The molecule has 3 heteroatoms. The van der Waals surface area contributed by atoms with Gasteiger partial charge in [0.2, 0.25) is 0 Å². The first-order chi connectivity index (χ1) is 5.74. The molecule has 2 N–H and O–H groups in total. The minimum Gasteiger partial charge on any atom is -0.399 e. The molecule has 0 atom stereocenters. The van der Waals surface area contributed by atoms with Gasteiger partial charge in [0.1, 0.15) is 0 Å². The van der Waals surface area contributed by atoms with Crippen LogP contribution in [0.3, 0.4) is 0 Å². The van der Waals surface area contributed by atoms with E-state index in [1.54, 1.807) is 6.07 Å². The van der Waals surface area contributed by atoms with Crippen LogP contribution in [0.1, 0.15) is 0 Å². The van der Waals surface area contributed by atoms with Crippen LogP contribution in [0.2, 0.25) is 5.02 Å². The molecule has 0 aliphatic rings. The summed E-state index contributed by atoms with van der Waals surface area (Å²) in [7, 11) is 0. The molecule has 1 nitrogen and oxygen atoms in total. The molecular weight excluding hydrogens is 190 g/mol. The summed E-state index contributed by atoms with van der Waals surface area (Å²) >= 11 is 7.43. The summed E-state index contributed by atoms with van der Waals surface area (Å²) < 4.78 is 0. The Balaban J connectivity index is 2.81. The Kier molecular flexibility index (Phi) is 3.33. The molecule has 0 aliphatic heterocycles. The summed E-state index contributed by atoms with van der Waals surface area (Å²) in [6.07, 6.45) is 5.12. The molecule has 0 aromatic heterocycles. The van der Waals surface area contributed by atoms with Gasteiger partial charge in [0.25, 0.3) is 0 Å². The molecule has 0 radical (unpaired) electrons. The standard InChI is InChI=1S/C9H8ClNS/c1-2-5-12-9-4-3-7(11)6-8(9)10/h1,3-4,6H,5,11H2. The fourth-order valence-electron chi connectivity index (χ4n) is 0.754. The molecule has 1 aromatic carbocycles. The van der Waals surface area contributed by atoms with E-state index in [-0.39, 0.29) is 0 Å². The van der Waals surface area contributed by atoms with E-state index in [4.69, 9.17) is 23.8 Å². The highest BCUT2D eigenvalue weighted by Gasteiger charge is 1.99. The first kappa shape index (κ1) is 9.31.